The summed E-state index contributed by atoms with van der Waals surface area (Å²) < 4.78 is 2.47. The summed E-state index contributed by atoms with van der Waals surface area (Å²) in [4.78, 5) is 44.5. The summed E-state index contributed by atoms with van der Waals surface area (Å²) in [5, 5.41) is 6.50. The second-order valence-corrected chi connectivity index (χ2v) is 9.73. The second kappa shape index (κ2) is 7.13. The van der Waals surface area contributed by atoms with Crippen molar-refractivity contribution in [3.05, 3.63) is 49.0 Å². The van der Waals surface area contributed by atoms with Gasteiger partial charge in [-0.3, -0.25) is 14.2 Å². The highest BCUT2D eigenvalue weighted by Gasteiger charge is 2.28. The van der Waals surface area contributed by atoms with Crippen LogP contribution in [0.5, 0.6) is 0 Å². The molecule has 0 saturated heterocycles. The van der Waals surface area contributed by atoms with E-state index in [0.717, 1.165) is 22.1 Å². The minimum atomic E-state index is -0.297. The molecule has 1 aliphatic rings. The number of amides is 2. The van der Waals surface area contributed by atoms with Crippen molar-refractivity contribution in [2.75, 3.05) is 5.32 Å². The van der Waals surface area contributed by atoms with Crippen molar-refractivity contribution in [3.63, 3.8) is 0 Å². The van der Waals surface area contributed by atoms with Crippen LogP contribution in [-0.2, 0) is 6.54 Å². The van der Waals surface area contributed by atoms with Crippen molar-refractivity contribution < 1.29 is 9.59 Å². The predicted octanol–water partition coefficient (Wildman–Crippen LogP) is 3.80. The molecule has 0 bridgehead atoms. The molecular weight excluding hydrogens is 470 g/mol. The summed E-state index contributed by atoms with van der Waals surface area (Å²) >= 11 is 4.67. The van der Waals surface area contributed by atoms with Crippen molar-refractivity contribution in [1.82, 2.24) is 19.9 Å². The molecule has 1 aliphatic carbocycles. The Kier molecular flexibility index (Phi) is 4.55. The molecule has 8 nitrogen and oxygen atoms in total. The number of benzene rings is 1. The average molecular weight is 488 g/mol. The van der Waals surface area contributed by atoms with Crippen LogP contribution in [0.4, 0.5) is 5.82 Å². The number of aromatic amines is 2. The fourth-order valence-electron chi connectivity index (χ4n) is 3.59. The standard InChI is InChI=1S/C20H18BrN5O3S/c1-2-26-13-7-10-11(8-12(13)24-20(26)29)23-17(16(10)19(28)22-9-3-4-9)25-18(27)14-5-6-15(21)30-14/h5-9,23H,2-4H2,1H3,(H,22,28)(H,24,29)(H,25,27). The van der Waals surface area contributed by atoms with Crippen LogP contribution < -0.4 is 16.3 Å². The SMILES string of the molecule is CCn1c(=O)[nH]c2cc3[nH]c(NC(=O)c4ccc(Br)s4)c(C(=O)NC4CC4)c3cc21. The van der Waals surface area contributed by atoms with Crippen molar-refractivity contribution in [3.8, 4) is 0 Å². The Morgan fingerprint density at radius 2 is 2.00 bits per heavy atom. The molecule has 0 radical (unpaired) electrons. The molecule has 2 amide bonds. The maximum Gasteiger partial charge on any atom is 0.326 e. The molecule has 3 heterocycles. The molecule has 4 N–H and O–H groups in total. The van der Waals surface area contributed by atoms with Gasteiger partial charge < -0.3 is 20.6 Å². The first-order valence-corrected chi connectivity index (χ1v) is 11.2. The van der Waals surface area contributed by atoms with Crippen LogP contribution in [0.1, 0.15) is 39.8 Å². The Morgan fingerprint density at radius 3 is 2.67 bits per heavy atom. The van der Waals surface area contributed by atoms with Gasteiger partial charge in [0.1, 0.15) is 5.82 Å². The fourth-order valence-corrected chi connectivity index (χ4v) is 4.87. The third-order valence-electron chi connectivity index (χ3n) is 5.18. The number of nitrogens with zero attached hydrogens (tertiary/aromatic N) is 1. The van der Waals surface area contributed by atoms with Gasteiger partial charge in [-0.1, -0.05) is 0 Å². The zero-order valence-corrected chi connectivity index (χ0v) is 18.4. The Morgan fingerprint density at radius 1 is 1.20 bits per heavy atom. The predicted molar refractivity (Wildman–Crippen MR) is 121 cm³/mol. The van der Waals surface area contributed by atoms with Gasteiger partial charge in [0.2, 0.25) is 0 Å². The molecule has 0 unspecified atom stereocenters. The normalized spacial score (nSPS) is 13.8. The summed E-state index contributed by atoms with van der Waals surface area (Å²) in [7, 11) is 0. The second-order valence-electron chi connectivity index (χ2n) is 7.27. The van der Waals surface area contributed by atoms with E-state index in [0.29, 0.717) is 39.2 Å². The number of aromatic nitrogens is 3. The summed E-state index contributed by atoms with van der Waals surface area (Å²) in [6.45, 7) is 2.40. The molecule has 1 fully saturated rings. The van der Waals surface area contributed by atoms with E-state index in [1.807, 2.05) is 13.0 Å². The molecule has 154 valence electrons. The Hall–Kier alpha value is -2.85. The Balaban J connectivity index is 1.65. The first kappa shape index (κ1) is 19.1. The number of hydrogen-bond acceptors (Lipinski definition) is 4. The minimum absolute atomic E-state index is 0.170. The minimum Gasteiger partial charge on any atom is -0.349 e. The maximum atomic E-state index is 13.0. The molecule has 4 aromatic rings. The van der Waals surface area contributed by atoms with Gasteiger partial charge >= 0.3 is 5.69 Å². The third kappa shape index (κ3) is 3.25. The van der Waals surface area contributed by atoms with E-state index in [4.69, 9.17) is 0 Å². The molecule has 1 aromatic carbocycles. The number of imidazole rings is 1. The maximum absolute atomic E-state index is 13.0. The zero-order chi connectivity index (χ0) is 21.0. The van der Waals surface area contributed by atoms with E-state index in [1.54, 1.807) is 22.8 Å². The van der Waals surface area contributed by atoms with E-state index in [1.165, 1.54) is 11.3 Å². The van der Waals surface area contributed by atoms with E-state index in [2.05, 4.69) is 36.5 Å². The number of rotatable bonds is 5. The number of carbonyl (C=O) groups is 2. The number of nitrogens with one attached hydrogen (secondary N) is 4. The molecule has 0 aliphatic heterocycles. The molecule has 1 saturated carbocycles. The largest absolute Gasteiger partial charge is 0.349 e. The van der Waals surface area contributed by atoms with Crippen LogP contribution in [-0.4, -0.2) is 32.4 Å². The lowest BCUT2D eigenvalue weighted by atomic mass is 10.1. The number of carbonyl (C=O) groups excluding carboxylic acids is 2. The quantitative estimate of drug-likeness (QED) is 0.343. The van der Waals surface area contributed by atoms with Gasteiger partial charge in [-0.15, -0.1) is 11.3 Å². The zero-order valence-electron chi connectivity index (χ0n) is 16.0. The summed E-state index contributed by atoms with van der Waals surface area (Å²) in [6.07, 6.45) is 1.91. The van der Waals surface area contributed by atoms with Crippen LogP contribution in [0.3, 0.4) is 0 Å². The third-order valence-corrected chi connectivity index (χ3v) is 6.81. The molecule has 0 spiro atoms. The van der Waals surface area contributed by atoms with Crippen LogP contribution in [0.25, 0.3) is 21.9 Å². The van der Waals surface area contributed by atoms with Crippen LogP contribution >= 0.6 is 27.3 Å². The van der Waals surface area contributed by atoms with Crippen molar-refractivity contribution >= 4 is 66.8 Å². The molecule has 0 atom stereocenters. The number of halogens is 1. The monoisotopic (exact) mass is 487 g/mol. The molecule has 5 rings (SSSR count). The first-order chi connectivity index (χ1) is 14.4. The number of thiophene rings is 1. The van der Waals surface area contributed by atoms with E-state index in [9.17, 15) is 14.4 Å². The van der Waals surface area contributed by atoms with Crippen LogP contribution in [0, 0.1) is 0 Å². The average Bonchev–Trinajstić information content (AvgIpc) is 3.15. The van der Waals surface area contributed by atoms with E-state index < -0.39 is 0 Å². The summed E-state index contributed by atoms with van der Waals surface area (Å²) in [5.41, 5.74) is 2.23. The van der Waals surface area contributed by atoms with Gasteiger partial charge in [0.15, 0.2) is 0 Å². The highest BCUT2D eigenvalue weighted by molar-refractivity contribution is 9.11. The number of anilines is 1. The highest BCUT2D eigenvalue weighted by Crippen LogP contribution is 2.32. The van der Waals surface area contributed by atoms with Crippen molar-refractivity contribution in [2.24, 2.45) is 0 Å². The first-order valence-electron chi connectivity index (χ1n) is 9.60. The van der Waals surface area contributed by atoms with Crippen LogP contribution in [0.2, 0.25) is 0 Å². The van der Waals surface area contributed by atoms with E-state index >= 15 is 0 Å². The lowest BCUT2D eigenvalue weighted by molar-refractivity contribution is 0.0953. The lowest BCUT2D eigenvalue weighted by Crippen LogP contribution is -2.26. The van der Waals surface area contributed by atoms with Crippen LogP contribution in [0.15, 0.2) is 32.8 Å². The molecule has 3 aromatic heterocycles. The number of aryl methyl sites for hydroxylation is 1. The van der Waals surface area contributed by atoms with Gasteiger partial charge in [0, 0.05) is 18.0 Å². The van der Waals surface area contributed by atoms with Gasteiger partial charge in [-0.05, 0) is 60.0 Å². The van der Waals surface area contributed by atoms with Gasteiger partial charge in [-0.25, -0.2) is 4.79 Å². The van der Waals surface area contributed by atoms with Gasteiger partial charge in [0.05, 0.1) is 30.8 Å². The Labute approximate surface area is 182 Å². The number of hydrogen-bond donors (Lipinski definition) is 4. The smallest absolute Gasteiger partial charge is 0.326 e. The summed E-state index contributed by atoms with van der Waals surface area (Å²) in [5.74, 6) is -0.198. The van der Waals surface area contributed by atoms with E-state index in [-0.39, 0.29) is 23.5 Å². The highest BCUT2D eigenvalue weighted by atomic mass is 79.9. The molecule has 30 heavy (non-hydrogen) atoms. The molecular formula is C20H18BrN5O3S. The summed E-state index contributed by atoms with van der Waals surface area (Å²) in [6, 6.07) is 7.31. The van der Waals surface area contributed by atoms with Gasteiger partial charge in [-0.2, -0.15) is 0 Å². The van der Waals surface area contributed by atoms with Crippen molar-refractivity contribution in [2.45, 2.75) is 32.4 Å². The molecule has 10 heteroatoms. The van der Waals surface area contributed by atoms with Gasteiger partial charge in [0.25, 0.3) is 11.8 Å². The topological polar surface area (TPSA) is 112 Å². The van der Waals surface area contributed by atoms with Crippen molar-refractivity contribution in [1.29, 1.82) is 0 Å². The fraction of sp³-hybridized carbons (Fsp3) is 0.250. The number of H-pyrrole nitrogens is 2. The Bertz CT molecular complexity index is 1370. The number of fused-ring (bicyclic) bond motifs is 2. The lowest BCUT2D eigenvalue weighted by Gasteiger charge is -2.07.